The number of benzene rings is 1. The zero-order valence-corrected chi connectivity index (χ0v) is 12.4. The van der Waals surface area contributed by atoms with Gasteiger partial charge in [-0.1, -0.05) is 19.1 Å². The van der Waals surface area contributed by atoms with Gasteiger partial charge >= 0.3 is 0 Å². The van der Waals surface area contributed by atoms with Crippen molar-refractivity contribution in [3.05, 3.63) is 42.4 Å². The van der Waals surface area contributed by atoms with E-state index >= 15 is 0 Å². The Morgan fingerprint density at radius 3 is 2.85 bits per heavy atom. The molecule has 0 amide bonds. The van der Waals surface area contributed by atoms with Crippen LogP contribution < -0.4 is 4.90 Å². The van der Waals surface area contributed by atoms with Gasteiger partial charge in [-0.3, -0.25) is 0 Å². The van der Waals surface area contributed by atoms with Crippen LogP contribution in [0.1, 0.15) is 19.4 Å². The van der Waals surface area contributed by atoms with Crippen LogP contribution in [0, 0.1) is 0 Å². The average molecular weight is 284 g/mol. The number of rotatable bonds is 2. The third-order valence-electron chi connectivity index (χ3n) is 3.17. The number of nitrogens with zero attached hydrogens (tertiary/aromatic N) is 4. The molecule has 20 heavy (non-hydrogen) atoms. The van der Waals surface area contributed by atoms with E-state index in [4.69, 9.17) is 4.99 Å². The van der Waals surface area contributed by atoms with Crippen LogP contribution in [0.4, 0.5) is 17.2 Å². The zero-order valence-electron chi connectivity index (χ0n) is 11.6. The molecular formula is C15H16N4S. The van der Waals surface area contributed by atoms with Gasteiger partial charge in [0.2, 0.25) is 0 Å². The molecule has 4 nitrogen and oxygen atoms in total. The summed E-state index contributed by atoms with van der Waals surface area (Å²) in [5.41, 5.74) is 3.10. The van der Waals surface area contributed by atoms with Gasteiger partial charge in [-0.2, -0.15) is 0 Å². The summed E-state index contributed by atoms with van der Waals surface area (Å²) < 4.78 is 0. The van der Waals surface area contributed by atoms with E-state index in [1.165, 1.54) is 0 Å². The summed E-state index contributed by atoms with van der Waals surface area (Å²) in [6.07, 6.45) is 3.46. The molecule has 3 rings (SSSR count). The van der Waals surface area contributed by atoms with Gasteiger partial charge in [-0.05, 0) is 24.8 Å². The first kappa shape index (κ1) is 13.1. The minimum Gasteiger partial charge on any atom is -0.324 e. The molecule has 0 radical (unpaired) electrons. The lowest BCUT2D eigenvalue weighted by atomic mass is 10.2. The van der Waals surface area contributed by atoms with Crippen molar-refractivity contribution in [2.75, 3.05) is 17.2 Å². The van der Waals surface area contributed by atoms with Crippen molar-refractivity contribution in [2.24, 2.45) is 4.99 Å². The Balaban J connectivity index is 2.26. The molecule has 0 spiro atoms. The molecule has 0 atom stereocenters. The van der Waals surface area contributed by atoms with E-state index in [0.29, 0.717) is 0 Å². The largest absolute Gasteiger partial charge is 0.324 e. The first-order valence-electron chi connectivity index (χ1n) is 6.73. The molecule has 1 aromatic carbocycles. The number of hydrogen-bond acceptors (Lipinski definition) is 5. The van der Waals surface area contributed by atoms with E-state index in [0.717, 1.165) is 40.1 Å². The fourth-order valence-electron chi connectivity index (χ4n) is 2.33. The van der Waals surface area contributed by atoms with Crippen LogP contribution in [-0.2, 0) is 0 Å². The first-order chi connectivity index (χ1) is 9.85. The highest BCUT2D eigenvalue weighted by Gasteiger charge is 2.23. The third-order valence-corrected chi connectivity index (χ3v) is 4.04. The molecule has 0 aliphatic carbocycles. The lowest BCUT2D eigenvalue weighted by Gasteiger charge is -2.23. The number of thioether (sulfide) groups is 1. The summed E-state index contributed by atoms with van der Waals surface area (Å²) in [4.78, 5) is 15.7. The van der Waals surface area contributed by atoms with Gasteiger partial charge < -0.3 is 4.90 Å². The number of anilines is 2. The normalized spacial score (nSPS) is 13.3. The van der Waals surface area contributed by atoms with E-state index in [2.05, 4.69) is 34.8 Å². The topological polar surface area (TPSA) is 41.4 Å². The van der Waals surface area contributed by atoms with Crippen LogP contribution in [-0.4, -0.2) is 27.3 Å². The summed E-state index contributed by atoms with van der Waals surface area (Å²) in [5, 5.41) is 0.992. The van der Waals surface area contributed by atoms with Gasteiger partial charge in [0.15, 0.2) is 0 Å². The molecule has 0 bridgehead atoms. The average Bonchev–Trinajstić information content (AvgIpc) is 2.62. The fourth-order valence-corrected chi connectivity index (χ4v) is 3.06. The number of aliphatic imine (C=N–C) groups is 1. The molecule has 1 aliphatic rings. The Labute approximate surface area is 123 Å². The maximum absolute atomic E-state index is 4.83. The van der Waals surface area contributed by atoms with Crippen molar-refractivity contribution >= 4 is 34.0 Å². The predicted octanol–water partition coefficient (Wildman–Crippen LogP) is 3.78. The molecule has 102 valence electrons. The predicted molar refractivity (Wildman–Crippen MR) is 85.5 cm³/mol. The summed E-state index contributed by atoms with van der Waals surface area (Å²) in [7, 11) is 0. The maximum atomic E-state index is 4.83. The van der Waals surface area contributed by atoms with Crippen molar-refractivity contribution in [1.82, 2.24) is 9.97 Å². The maximum Gasteiger partial charge on any atom is 0.146 e. The molecule has 0 N–H and O–H groups in total. The van der Waals surface area contributed by atoms with Gasteiger partial charge in [0.1, 0.15) is 17.2 Å². The lowest BCUT2D eigenvalue weighted by molar-refractivity contribution is 0.976. The SMILES string of the molecule is CCSC1=Nc2ccccc2N(CC)c2ncncc21. The Kier molecular flexibility index (Phi) is 3.69. The summed E-state index contributed by atoms with van der Waals surface area (Å²) in [6, 6.07) is 8.20. The van der Waals surface area contributed by atoms with Gasteiger partial charge in [0.25, 0.3) is 0 Å². The number of fused-ring (bicyclic) bond motifs is 2. The molecule has 0 fully saturated rings. The second-order valence-electron chi connectivity index (χ2n) is 4.34. The molecule has 2 heterocycles. The van der Waals surface area contributed by atoms with E-state index in [9.17, 15) is 0 Å². The number of aromatic nitrogens is 2. The minimum absolute atomic E-state index is 0.848. The molecule has 2 aromatic rings. The number of para-hydroxylation sites is 2. The highest BCUT2D eigenvalue weighted by molar-refractivity contribution is 8.14. The van der Waals surface area contributed by atoms with Crippen LogP contribution in [0.15, 0.2) is 41.8 Å². The lowest BCUT2D eigenvalue weighted by Crippen LogP contribution is -2.19. The Bertz CT molecular complexity index is 654. The Hall–Kier alpha value is -1.88. The molecule has 5 heteroatoms. The standard InChI is InChI=1S/C15H16N4S/c1-3-19-13-8-6-5-7-12(13)18-15(20-4-2)11-9-16-10-17-14(11)19/h5-10H,3-4H2,1-2H3. The molecule has 0 saturated heterocycles. The van der Waals surface area contributed by atoms with E-state index in [1.807, 2.05) is 24.4 Å². The Morgan fingerprint density at radius 2 is 2.05 bits per heavy atom. The van der Waals surface area contributed by atoms with Crippen molar-refractivity contribution < 1.29 is 0 Å². The van der Waals surface area contributed by atoms with E-state index in [-0.39, 0.29) is 0 Å². The third kappa shape index (κ3) is 2.18. The van der Waals surface area contributed by atoms with Gasteiger partial charge in [0.05, 0.1) is 16.9 Å². The molecule has 1 aliphatic heterocycles. The van der Waals surface area contributed by atoms with E-state index < -0.39 is 0 Å². The van der Waals surface area contributed by atoms with Gasteiger partial charge in [0, 0.05) is 12.7 Å². The second-order valence-corrected chi connectivity index (χ2v) is 5.60. The fraction of sp³-hybridized carbons (Fsp3) is 0.267. The molecule has 1 aromatic heterocycles. The summed E-state index contributed by atoms with van der Waals surface area (Å²) >= 11 is 1.73. The highest BCUT2D eigenvalue weighted by Crippen LogP contribution is 2.39. The van der Waals surface area contributed by atoms with Crippen LogP contribution in [0.5, 0.6) is 0 Å². The quantitative estimate of drug-likeness (QED) is 0.841. The van der Waals surface area contributed by atoms with Gasteiger partial charge in [-0.25, -0.2) is 15.0 Å². The zero-order chi connectivity index (χ0) is 13.9. The monoisotopic (exact) mass is 284 g/mol. The van der Waals surface area contributed by atoms with E-state index in [1.54, 1.807) is 18.1 Å². The van der Waals surface area contributed by atoms with Crippen molar-refractivity contribution in [1.29, 1.82) is 0 Å². The smallest absolute Gasteiger partial charge is 0.146 e. The molecule has 0 unspecified atom stereocenters. The van der Waals surface area contributed by atoms with Crippen LogP contribution in [0.3, 0.4) is 0 Å². The summed E-state index contributed by atoms with van der Waals surface area (Å²) in [6.45, 7) is 5.10. The molecule has 0 saturated carbocycles. The van der Waals surface area contributed by atoms with Crippen LogP contribution in [0.25, 0.3) is 0 Å². The first-order valence-corrected chi connectivity index (χ1v) is 7.72. The second kappa shape index (κ2) is 5.63. The Morgan fingerprint density at radius 1 is 1.20 bits per heavy atom. The van der Waals surface area contributed by atoms with Crippen LogP contribution in [0.2, 0.25) is 0 Å². The highest BCUT2D eigenvalue weighted by atomic mass is 32.2. The van der Waals surface area contributed by atoms with Crippen LogP contribution >= 0.6 is 11.8 Å². The molecular weight excluding hydrogens is 268 g/mol. The van der Waals surface area contributed by atoms with Crippen molar-refractivity contribution in [3.8, 4) is 0 Å². The van der Waals surface area contributed by atoms with Crippen molar-refractivity contribution in [2.45, 2.75) is 13.8 Å². The minimum atomic E-state index is 0.848. The van der Waals surface area contributed by atoms with Gasteiger partial charge in [-0.15, -0.1) is 11.8 Å². The summed E-state index contributed by atoms with van der Waals surface area (Å²) in [5.74, 6) is 1.91. The van der Waals surface area contributed by atoms with Crippen molar-refractivity contribution in [3.63, 3.8) is 0 Å². The number of hydrogen-bond donors (Lipinski definition) is 0.